The number of ether oxygens (including phenoxy) is 1. The first-order valence-corrected chi connectivity index (χ1v) is 6.42. The largest absolute Gasteiger partial charge is 0.497 e. The first-order valence-electron chi connectivity index (χ1n) is 6.42. The first kappa shape index (κ1) is 12.4. The van der Waals surface area contributed by atoms with Crippen LogP contribution >= 0.6 is 0 Å². The van der Waals surface area contributed by atoms with E-state index in [1.54, 1.807) is 7.11 Å². The molecule has 0 radical (unpaired) electrons. The molecular weight excluding hydrogens is 252 g/mol. The van der Waals surface area contributed by atoms with Crippen LogP contribution in [0, 0.1) is 0 Å². The van der Waals surface area contributed by atoms with Crippen molar-refractivity contribution >= 4 is 11.6 Å². The summed E-state index contributed by atoms with van der Waals surface area (Å²) in [4.78, 5) is 11.2. The fraction of sp³-hybridized carbons (Fsp3) is 0.125. The molecule has 2 aromatic rings. The normalized spacial score (nSPS) is 16.1. The number of hydrogen-bond donors (Lipinski definition) is 1. The summed E-state index contributed by atoms with van der Waals surface area (Å²) >= 11 is 0. The highest BCUT2D eigenvalue weighted by Gasteiger charge is 2.32. The van der Waals surface area contributed by atoms with E-state index in [0.29, 0.717) is 6.54 Å². The van der Waals surface area contributed by atoms with Crippen LogP contribution in [0.4, 0.5) is 0 Å². The van der Waals surface area contributed by atoms with Crippen LogP contribution in [0.1, 0.15) is 11.1 Å². The Balaban J connectivity index is 2.06. The lowest BCUT2D eigenvalue weighted by molar-refractivity contribution is -0.601. The molecule has 0 aromatic heterocycles. The monoisotopic (exact) mass is 267 g/mol. The second-order valence-electron chi connectivity index (χ2n) is 4.56. The SMILES string of the molecule is COc1ccc(/C(c2ccccc2)=[N+]2\CC(=O)N2)cc1. The van der Waals surface area contributed by atoms with E-state index in [-0.39, 0.29) is 5.91 Å². The van der Waals surface area contributed by atoms with Crippen molar-refractivity contribution in [1.29, 1.82) is 0 Å². The van der Waals surface area contributed by atoms with Crippen LogP contribution in [0.15, 0.2) is 54.6 Å². The number of nitrogens with one attached hydrogen (secondary N) is 1. The zero-order valence-corrected chi connectivity index (χ0v) is 11.2. The lowest BCUT2D eigenvalue weighted by atomic mass is 10.0. The van der Waals surface area contributed by atoms with Gasteiger partial charge in [0.25, 0.3) is 6.54 Å². The van der Waals surface area contributed by atoms with Gasteiger partial charge in [0.1, 0.15) is 5.75 Å². The van der Waals surface area contributed by atoms with Crippen molar-refractivity contribution in [3.8, 4) is 5.75 Å². The van der Waals surface area contributed by atoms with Gasteiger partial charge in [0.05, 0.1) is 7.11 Å². The first-order chi connectivity index (χ1) is 9.78. The van der Waals surface area contributed by atoms with E-state index < -0.39 is 0 Å². The molecule has 1 N–H and O–H groups in total. The van der Waals surface area contributed by atoms with E-state index in [0.717, 1.165) is 22.6 Å². The molecule has 2 aromatic carbocycles. The topological polar surface area (TPSA) is 41.3 Å². The minimum Gasteiger partial charge on any atom is -0.497 e. The van der Waals surface area contributed by atoms with E-state index in [4.69, 9.17) is 4.74 Å². The smallest absolute Gasteiger partial charge is 0.342 e. The molecule has 1 aliphatic heterocycles. The number of benzene rings is 2. The Kier molecular flexibility index (Phi) is 3.21. The summed E-state index contributed by atoms with van der Waals surface area (Å²) in [5.41, 5.74) is 5.89. The fourth-order valence-corrected chi connectivity index (χ4v) is 2.24. The van der Waals surface area contributed by atoms with Gasteiger partial charge in [0.15, 0.2) is 0 Å². The quantitative estimate of drug-likeness (QED) is 0.858. The molecule has 0 atom stereocenters. The van der Waals surface area contributed by atoms with Crippen molar-refractivity contribution in [2.24, 2.45) is 0 Å². The molecular formula is C16H15N2O2+. The summed E-state index contributed by atoms with van der Waals surface area (Å²) in [5, 5.41) is 0. The Labute approximate surface area is 117 Å². The van der Waals surface area contributed by atoms with Crippen LogP contribution in [0.25, 0.3) is 0 Å². The van der Waals surface area contributed by atoms with Crippen molar-refractivity contribution in [2.75, 3.05) is 13.7 Å². The predicted octanol–water partition coefficient (Wildman–Crippen LogP) is 1.59. The minimum absolute atomic E-state index is 0.0342. The van der Waals surface area contributed by atoms with Gasteiger partial charge in [-0.15, -0.1) is 5.43 Å². The Morgan fingerprint density at radius 2 is 1.65 bits per heavy atom. The van der Waals surface area contributed by atoms with E-state index in [2.05, 4.69) is 5.43 Å². The van der Waals surface area contributed by atoms with Crippen molar-refractivity contribution in [2.45, 2.75) is 0 Å². The predicted molar refractivity (Wildman–Crippen MR) is 75.9 cm³/mol. The van der Waals surface area contributed by atoms with Gasteiger partial charge in [0, 0.05) is 11.1 Å². The maximum Gasteiger partial charge on any atom is 0.342 e. The molecule has 0 saturated carbocycles. The molecule has 4 nitrogen and oxygen atoms in total. The van der Waals surface area contributed by atoms with Crippen LogP contribution in [-0.2, 0) is 4.79 Å². The highest BCUT2D eigenvalue weighted by Crippen LogP contribution is 2.16. The van der Waals surface area contributed by atoms with Crippen LogP contribution in [0.2, 0.25) is 0 Å². The van der Waals surface area contributed by atoms with Crippen molar-refractivity contribution in [1.82, 2.24) is 5.43 Å². The fourth-order valence-electron chi connectivity index (χ4n) is 2.24. The molecule has 1 saturated heterocycles. The van der Waals surface area contributed by atoms with Gasteiger partial charge in [-0.25, -0.2) is 0 Å². The number of methoxy groups -OCH3 is 1. The number of carbonyl (C=O) groups is 1. The van der Waals surface area contributed by atoms with Gasteiger partial charge in [0.2, 0.25) is 5.71 Å². The third-order valence-corrected chi connectivity index (χ3v) is 3.24. The van der Waals surface area contributed by atoms with E-state index in [1.807, 2.05) is 59.3 Å². The molecule has 4 heteroatoms. The number of rotatable bonds is 3. The summed E-state index contributed by atoms with van der Waals surface area (Å²) < 4.78 is 7.04. The van der Waals surface area contributed by atoms with Crippen molar-refractivity contribution < 1.29 is 14.2 Å². The third-order valence-electron chi connectivity index (χ3n) is 3.24. The zero-order valence-electron chi connectivity index (χ0n) is 11.2. The summed E-state index contributed by atoms with van der Waals surface area (Å²) in [6, 6.07) is 17.8. The third kappa shape index (κ3) is 2.28. The number of amides is 1. The van der Waals surface area contributed by atoms with E-state index >= 15 is 0 Å². The minimum atomic E-state index is 0.0342. The number of nitrogens with zero attached hydrogens (tertiary/aromatic N) is 1. The molecule has 0 spiro atoms. The number of hydrogen-bond acceptors (Lipinski definition) is 2. The Hall–Kier alpha value is -2.62. The maximum absolute atomic E-state index is 11.2. The van der Waals surface area contributed by atoms with Crippen LogP contribution in [-0.4, -0.2) is 30.0 Å². The number of hydrazone groups is 1. The highest BCUT2D eigenvalue weighted by molar-refractivity contribution is 6.10. The van der Waals surface area contributed by atoms with Crippen LogP contribution in [0.5, 0.6) is 5.75 Å². The summed E-state index contributed by atoms with van der Waals surface area (Å²) in [7, 11) is 1.65. The molecule has 1 amide bonds. The maximum atomic E-state index is 11.2. The van der Waals surface area contributed by atoms with Gasteiger partial charge >= 0.3 is 5.91 Å². The molecule has 0 bridgehead atoms. The van der Waals surface area contributed by atoms with Crippen molar-refractivity contribution in [3.05, 3.63) is 65.7 Å². The molecule has 1 heterocycles. The second kappa shape index (κ2) is 5.17. The van der Waals surface area contributed by atoms with Crippen LogP contribution in [0.3, 0.4) is 0 Å². The number of hydrazine groups is 1. The summed E-state index contributed by atoms with van der Waals surface area (Å²) in [6.45, 7) is 0.385. The summed E-state index contributed by atoms with van der Waals surface area (Å²) in [5.74, 6) is 0.848. The highest BCUT2D eigenvalue weighted by atomic mass is 16.5. The van der Waals surface area contributed by atoms with Gasteiger partial charge < -0.3 is 4.74 Å². The Morgan fingerprint density at radius 3 is 2.20 bits per heavy atom. The van der Waals surface area contributed by atoms with Crippen molar-refractivity contribution in [3.63, 3.8) is 0 Å². The zero-order chi connectivity index (χ0) is 13.9. The van der Waals surface area contributed by atoms with Gasteiger partial charge in [-0.1, -0.05) is 22.9 Å². The molecule has 0 unspecified atom stereocenters. The second-order valence-corrected chi connectivity index (χ2v) is 4.56. The lowest BCUT2D eigenvalue weighted by Crippen LogP contribution is -2.55. The van der Waals surface area contributed by atoms with Gasteiger partial charge in [-0.05, 0) is 36.4 Å². The average molecular weight is 267 g/mol. The molecule has 0 aliphatic carbocycles. The average Bonchev–Trinajstić information content (AvgIpc) is 2.47. The van der Waals surface area contributed by atoms with Gasteiger partial charge in [-0.3, -0.25) is 4.79 Å². The number of carbonyl (C=O) groups excluding carboxylic acids is 1. The van der Waals surface area contributed by atoms with Gasteiger partial charge in [-0.2, -0.15) is 0 Å². The van der Waals surface area contributed by atoms with E-state index in [9.17, 15) is 4.79 Å². The van der Waals surface area contributed by atoms with Crippen LogP contribution < -0.4 is 10.2 Å². The van der Waals surface area contributed by atoms with E-state index in [1.165, 1.54) is 0 Å². The Morgan fingerprint density at radius 1 is 1.05 bits per heavy atom. The molecule has 100 valence electrons. The molecule has 1 aliphatic rings. The molecule has 3 rings (SSSR count). The molecule has 1 fully saturated rings. The summed E-state index contributed by atoms with van der Waals surface area (Å²) in [6.07, 6.45) is 0. The molecule has 20 heavy (non-hydrogen) atoms. The Bertz CT molecular complexity index is 651. The standard InChI is InChI=1S/C16H14N2O2/c1-20-14-9-7-13(8-10-14)16(18-11-15(19)17-18)12-5-3-2-4-6-12/h2-10H,11H2,1H3/p+1/b18-16+. The lowest BCUT2D eigenvalue weighted by Gasteiger charge is -2.15.